The van der Waals surface area contributed by atoms with Crippen LogP contribution in [0.5, 0.6) is 5.75 Å². The van der Waals surface area contributed by atoms with E-state index in [2.05, 4.69) is 45.2 Å². The van der Waals surface area contributed by atoms with Gasteiger partial charge in [-0.1, -0.05) is 36.4 Å². The molecular formula is C25H29N5O2. The molecule has 1 aliphatic carbocycles. The number of hydrogen-bond acceptors (Lipinski definition) is 4. The number of carbonyl (C=O) groups excluding carboxylic acids is 1. The first-order valence-electron chi connectivity index (χ1n) is 11.1. The summed E-state index contributed by atoms with van der Waals surface area (Å²) in [7, 11) is 1.75. The molecule has 1 amide bonds. The topological polar surface area (TPSA) is 98.5 Å². The molecule has 0 bridgehead atoms. The third-order valence-corrected chi connectivity index (χ3v) is 6.61. The lowest BCUT2D eigenvalue weighted by molar-refractivity contribution is 0.0934. The maximum Gasteiger partial charge on any atom is 0.251 e. The molecule has 3 N–H and O–H groups in total. The van der Waals surface area contributed by atoms with Gasteiger partial charge >= 0.3 is 0 Å². The first kappa shape index (κ1) is 21.7. The van der Waals surface area contributed by atoms with Gasteiger partial charge in [0, 0.05) is 37.0 Å². The summed E-state index contributed by atoms with van der Waals surface area (Å²) in [4.78, 5) is 16.7. The second kappa shape index (κ2) is 9.73. The number of nitrogens with zero attached hydrogens (tertiary/aromatic N) is 2. The Hall–Kier alpha value is -3.53. The van der Waals surface area contributed by atoms with Crippen LogP contribution in [0.4, 0.5) is 0 Å². The van der Waals surface area contributed by atoms with Gasteiger partial charge in [0.05, 0.1) is 6.61 Å². The largest absolute Gasteiger partial charge is 0.493 e. The number of aliphatic imine (C=N–C) groups is 1. The standard InChI is InChI=1S/C25H29N5O2/c1-27-24(29-17-26)30-21-9-12-25(13-10-21,20-5-3-2-4-6-20)16-28-23(31)19-8-7-18-11-14-32-22(18)15-19/h2-8,15,21H,9-14,16H2,1H3,(H,28,31)(H2,27,29,30)/t21-,25-. The highest BCUT2D eigenvalue weighted by Gasteiger charge is 2.37. The van der Waals surface area contributed by atoms with Crippen molar-refractivity contribution in [3.63, 3.8) is 0 Å². The molecule has 0 aromatic heterocycles. The van der Waals surface area contributed by atoms with Crippen molar-refractivity contribution in [3.8, 4) is 11.9 Å². The second-order valence-corrected chi connectivity index (χ2v) is 8.48. The number of benzene rings is 2. The highest BCUT2D eigenvalue weighted by atomic mass is 16.5. The monoisotopic (exact) mass is 431 g/mol. The van der Waals surface area contributed by atoms with E-state index in [0.29, 0.717) is 24.7 Å². The van der Waals surface area contributed by atoms with Crippen molar-refractivity contribution in [1.29, 1.82) is 5.26 Å². The summed E-state index contributed by atoms with van der Waals surface area (Å²) in [6, 6.07) is 16.4. The number of amides is 1. The van der Waals surface area contributed by atoms with E-state index in [1.165, 1.54) is 5.56 Å². The van der Waals surface area contributed by atoms with Crippen molar-refractivity contribution in [2.24, 2.45) is 4.99 Å². The number of guanidine groups is 1. The van der Waals surface area contributed by atoms with Gasteiger partial charge in [-0.3, -0.25) is 4.79 Å². The number of rotatable bonds is 5. The summed E-state index contributed by atoms with van der Waals surface area (Å²) in [6.45, 7) is 1.26. The molecule has 0 atom stereocenters. The molecule has 0 spiro atoms. The Labute approximate surface area is 188 Å². The summed E-state index contributed by atoms with van der Waals surface area (Å²) in [5.41, 5.74) is 2.91. The molecule has 32 heavy (non-hydrogen) atoms. The number of nitrogens with one attached hydrogen (secondary N) is 3. The number of fused-ring (bicyclic) bond motifs is 1. The van der Waals surface area contributed by atoms with Crippen LogP contribution in [0.25, 0.3) is 0 Å². The van der Waals surface area contributed by atoms with Gasteiger partial charge in [0.25, 0.3) is 5.91 Å². The van der Waals surface area contributed by atoms with Crippen molar-refractivity contribution < 1.29 is 9.53 Å². The minimum atomic E-state index is -0.130. The molecule has 1 aliphatic heterocycles. The van der Waals surface area contributed by atoms with Crippen LogP contribution in [0.2, 0.25) is 0 Å². The molecule has 1 saturated carbocycles. The van der Waals surface area contributed by atoms with Crippen LogP contribution in [0.3, 0.4) is 0 Å². The maximum atomic E-state index is 12.9. The highest BCUT2D eigenvalue weighted by molar-refractivity contribution is 5.94. The zero-order valence-corrected chi connectivity index (χ0v) is 18.4. The van der Waals surface area contributed by atoms with E-state index in [0.717, 1.165) is 43.4 Å². The Morgan fingerprint density at radius 3 is 2.72 bits per heavy atom. The van der Waals surface area contributed by atoms with Gasteiger partial charge < -0.3 is 20.7 Å². The van der Waals surface area contributed by atoms with Crippen LogP contribution in [0.15, 0.2) is 53.5 Å². The Balaban J connectivity index is 1.46. The normalized spacial score (nSPS) is 22.2. The van der Waals surface area contributed by atoms with Crippen LogP contribution in [0.1, 0.15) is 47.2 Å². The summed E-state index contributed by atoms with van der Waals surface area (Å²) in [5.74, 6) is 1.25. The predicted molar refractivity (Wildman–Crippen MR) is 124 cm³/mol. The molecule has 0 saturated heterocycles. The lowest BCUT2D eigenvalue weighted by atomic mass is 9.68. The van der Waals surface area contributed by atoms with E-state index in [1.54, 1.807) is 7.05 Å². The number of ether oxygens (including phenoxy) is 1. The molecule has 7 nitrogen and oxygen atoms in total. The van der Waals surface area contributed by atoms with E-state index in [9.17, 15) is 4.79 Å². The smallest absolute Gasteiger partial charge is 0.251 e. The fourth-order valence-corrected chi connectivity index (χ4v) is 4.74. The first-order chi connectivity index (χ1) is 15.6. The predicted octanol–water partition coefficient (Wildman–Crippen LogP) is 2.88. The van der Waals surface area contributed by atoms with E-state index < -0.39 is 0 Å². The van der Waals surface area contributed by atoms with E-state index >= 15 is 0 Å². The molecular weight excluding hydrogens is 402 g/mol. The average molecular weight is 432 g/mol. The van der Waals surface area contributed by atoms with Crippen LogP contribution >= 0.6 is 0 Å². The van der Waals surface area contributed by atoms with Crippen molar-refractivity contribution in [2.45, 2.75) is 43.6 Å². The lowest BCUT2D eigenvalue weighted by Gasteiger charge is -2.41. The fourth-order valence-electron chi connectivity index (χ4n) is 4.74. The van der Waals surface area contributed by atoms with Gasteiger partial charge in [-0.05, 0) is 48.9 Å². The fraction of sp³-hybridized carbons (Fsp3) is 0.400. The molecule has 2 aromatic carbocycles. The third kappa shape index (κ3) is 4.70. The van der Waals surface area contributed by atoms with Crippen LogP contribution in [-0.2, 0) is 11.8 Å². The zero-order valence-electron chi connectivity index (χ0n) is 18.4. The summed E-state index contributed by atoms with van der Waals surface area (Å²) in [6.07, 6.45) is 6.41. The number of nitriles is 1. The summed E-state index contributed by atoms with van der Waals surface area (Å²) in [5, 5.41) is 18.3. The Morgan fingerprint density at radius 2 is 2.00 bits per heavy atom. The SMILES string of the molecule is CN/C(=N\C#N)N[C@H]1CC[C@](CNC(=O)c2ccc3c(c2)OCC3)(c2ccccc2)CC1. The zero-order chi connectivity index (χ0) is 22.4. The van der Waals surface area contributed by atoms with Crippen LogP contribution < -0.4 is 20.7 Å². The van der Waals surface area contributed by atoms with E-state index in [-0.39, 0.29) is 17.4 Å². The van der Waals surface area contributed by atoms with Gasteiger partial charge in [0.2, 0.25) is 12.2 Å². The van der Waals surface area contributed by atoms with Crippen molar-refractivity contribution in [2.75, 3.05) is 20.2 Å². The maximum absolute atomic E-state index is 12.9. The molecule has 0 unspecified atom stereocenters. The molecule has 4 rings (SSSR count). The average Bonchev–Trinajstić information content (AvgIpc) is 3.32. The van der Waals surface area contributed by atoms with Crippen LogP contribution in [0, 0.1) is 11.5 Å². The van der Waals surface area contributed by atoms with Gasteiger partial charge in [0.1, 0.15) is 5.75 Å². The molecule has 166 valence electrons. The van der Waals surface area contributed by atoms with E-state index in [4.69, 9.17) is 10.00 Å². The summed E-state index contributed by atoms with van der Waals surface area (Å²) >= 11 is 0. The third-order valence-electron chi connectivity index (χ3n) is 6.61. The molecule has 7 heteroatoms. The quantitative estimate of drug-likeness (QED) is 0.384. The lowest BCUT2D eigenvalue weighted by Crippen LogP contribution is -2.49. The minimum Gasteiger partial charge on any atom is -0.493 e. The molecule has 2 aromatic rings. The Kier molecular flexibility index (Phi) is 6.60. The number of hydrogen-bond donors (Lipinski definition) is 3. The minimum absolute atomic E-state index is 0.0718. The van der Waals surface area contributed by atoms with Crippen LogP contribution in [-0.4, -0.2) is 38.1 Å². The summed E-state index contributed by atoms with van der Waals surface area (Å²) < 4.78 is 5.62. The Morgan fingerprint density at radius 1 is 1.22 bits per heavy atom. The molecule has 0 radical (unpaired) electrons. The van der Waals surface area contributed by atoms with Gasteiger partial charge in [0.15, 0.2) is 0 Å². The second-order valence-electron chi connectivity index (χ2n) is 8.48. The van der Waals surface area contributed by atoms with Gasteiger partial charge in [-0.2, -0.15) is 5.26 Å². The van der Waals surface area contributed by atoms with Crippen molar-refractivity contribution >= 4 is 11.9 Å². The number of carbonyl (C=O) groups is 1. The van der Waals surface area contributed by atoms with Gasteiger partial charge in [-0.15, -0.1) is 4.99 Å². The highest BCUT2D eigenvalue weighted by Crippen LogP contribution is 2.39. The Bertz CT molecular complexity index is 1020. The van der Waals surface area contributed by atoms with Crippen molar-refractivity contribution in [1.82, 2.24) is 16.0 Å². The molecule has 1 heterocycles. The van der Waals surface area contributed by atoms with Gasteiger partial charge in [-0.25, -0.2) is 0 Å². The van der Waals surface area contributed by atoms with Crippen molar-refractivity contribution in [3.05, 3.63) is 65.2 Å². The first-order valence-corrected chi connectivity index (χ1v) is 11.1. The molecule has 2 aliphatic rings. The van der Waals surface area contributed by atoms with E-state index in [1.807, 2.05) is 30.5 Å². The molecule has 1 fully saturated rings.